The van der Waals surface area contributed by atoms with Gasteiger partial charge in [-0.2, -0.15) is 0 Å². The van der Waals surface area contributed by atoms with Crippen LogP contribution in [-0.2, 0) is 0 Å². The van der Waals surface area contributed by atoms with Gasteiger partial charge >= 0.3 is 0 Å². The maximum atomic E-state index is 3.79. The van der Waals surface area contributed by atoms with Crippen molar-refractivity contribution in [2.24, 2.45) is 0 Å². The summed E-state index contributed by atoms with van der Waals surface area (Å²) in [6, 6.07) is 0. The van der Waals surface area contributed by atoms with Crippen LogP contribution >= 0.6 is 0 Å². The average molecular weight is 206 g/mol. The first-order valence-corrected chi connectivity index (χ1v) is 6.01. The molecular weight excluding hydrogens is 184 g/mol. The van der Waals surface area contributed by atoms with Gasteiger partial charge in [-0.05, 0) is 31.9 Å². The molecule has 0 aromatic heterocycles. The third-order valence-electron chi connectivity index (χ3n) is 3.55. The average Bonchev–Trinajstić information content (AvgIpc) is 2.25. The van der Waals surface area contributed by atoms with Crippen molar-refractivity contribution in [3.05, 3.63) is 23.8 Å². The molecule has 0 unspecified atom stereocenters. The van der Waals surface area contributed by atoms with Gasteiger partial charge in [0, 0.05) is 32.7 Å². The molecule has 0 radical (unpaired) electrons. The van der Waals surface area contributed by atoms with Crippen LogP contribution in [0, 0.1) is 0 Å². The van der Waals surface area contributed by atoms with Crippen molar-refractivity contribution in [3.63, 3.8) is 0 Å². The minimum Gasteiger partial charge on any atom is -0.302 e. The van der Waals surface area contributed by atoms with E-state index in [-0.39, 0.29) is 0 Å². The van der Waals surface area contributed by atoms with Crippen LogP contribution in [0.2, 0.25) is 0 Å². The van der Waals surface area contributed by atoms with Crippen molar-refractivity contribution in [3.8, 4) is 0 Å². The monoisotopic (exact) mass is 206 g/mol. The molecule has 2 nitrogen and oxygen atoms in total. The molecule has 0 atom stereocenters. The third kappa shape index (κ3) is 2.70. The van der Waals surface area contributed by atoms with Crippen LogP contribution in [-0.4, -0.2) is 49.6 Å². The lowest BCUT2D eigenvalue weighted by Crippen LogP contribution is -2.39. The highest BCUT2D eigenvalue weighted by Crippen LogP contribution is 2.25. The zero-order valence-electron chi connectivity index (χ0n) is 9.84. The highest BCUT2D eigenvalue weighted by Gasteiger charge is 2.22. The molecule has 0 aromatic carbocycles. The predicted octanol–water partition coefficient (Wildman–Crippen LogP) is 1.90. The summed E-state index contributed by atoms with van der Waals surface area (Å²) in [7, 11) is 2.23. The van der Waals surface area contributed by atoms with Gasteiger partial charge in [-0.1, -0.05) is 11.6 Å². The maximum Gasteiger partial charge on any atom is 0.0208 e. The zero-order chi connectivity index (χ0) is 10.7. The van der Waals surface area contributed by atoms with E-state index in [9.17, 15) is 0 Å². The minimum absolute atomic E-state index is 1.12. The summed E-state index contributed by atoms with van der Waals surface area (Å²) in [6.45, 7) is 9.89. The van der Waals surface area contributed by atoms with Crippen LogP contribution < -0.4 is 0 Å². The third-order valence-corrected chi connectivity index (χ3v) is 3.55. The van der Waals surface area contributed by atoms with Gasteiger partial charge in [0.15, 0.2) is 0 Å². The van der Waals surface area contributed by atoms with Crippen molar-refractivity contribution in [2.75, 3.05) is 39.8 Å². The van der Waals surface area contributed by atoms with Gasteiger partial charge in [0.1, 0.15) is 0 Å². The molecule has 0 N–H and O–H groups in total. The molecule has 2 rings (SSSR count). The second kappa shape index (κ2) is 4.95. The first-order valence-electron chi connectivity index (χ1n) is 6.01. The molecular formula is C13H22N2. The largest absolute Gasteiger partial charge is 0.302 e. The second-order valence-electron chi connectivity index (χ2n) is 4.80. The minimum atomic E-state index is 1.12. The lowest BCUT2D eigenvalue weighted by molar-refractivity contribution is 0.252. The van der Waals surface area contributed by atoms with Gasteiger partial charge in [-0.25, -0.2) is 0 Å². The predicted molar refractivity (Wildman–Crippen MR) is 65.0 cm³/mol. The van der Waals surface area contributed by atoms with Crippen molar-refractivity contribution in [1.29, 1.82) is 0 Å². The molecule has 2 heteroatoms. The van der Waals surface area contributed by atoms with Gasteiger partial charge < -0.3 is 4.90 Å². The Kier molecular flexibility index (Phi) is 3.60. The smallest absolute Gasteiger partial charge is 0.0208 e. The van der Waals surface area contributed by atoms with E-state index in [1.165, 1.54) is 45.6 Å². The highest BCUT2D eigenvalue weighted by molar-refractivity contribution is 5.23. The second-order valence-corrected chi connectivity index (χ2v) is 4.80. The number of likely N-dealkylation sites (N-methyl/N-ethyl adjacent to an activating group) is 1. The highest BCUT2D eigenvalue weighted by atomic mass is 15.2. The topological polar surface area (TPSA) is 6.48 Å². The van der Waals surface area contributed by atoms with Gasteiger partial charge in [0.25, 0.3) is 0 Å². The summed E-state index contributed by atoms with van der Waals surface area (Å²) >= 11 is 0. The zero-order valence-corrected chi connectivity index (χ0v) is 9.84. The molecule has 0 saturated heterocycles. The Bertz CT molecular complexity index is 268. The van der Waals surface area contributed by atoms with E-state index in [1.54, 1.807) is 11.1 Å². The summed E-state index contributed by atoms with van der Waals surface area (Å²) in [5.74, 6) is 0. The Balaban J connectivity index is 1.93. The van der Waals surface area contributed by atoms with Crippen LogP contribution in [0.15, 0.2) is 23.8 Å². The Morgan fingerprint density at radius 3 is 2.80 bits per heavy atom. The summed E-state index contributed by atoms with van der Waals surface area (Å²) in [4.78, 5) is 5.01. The molecule has 2 aliphatic heterocycles. The summed E-state index contributed by atoms with van der Waals surface area (Å²) in [6.07, 6.45) is 5.76. The molecule has 84 valence electrons. The maximum absolute atomic E-state index is 3.79. The number of nitrogens with zero attached hydrogens (tertiary/aromatic N) is 2. The molecule has 2 heterocycles. The first kappa shape index (κ1) is 10.9. The van der Waals surface area contributed by atoms with Crippen LogP contribution in [0.4, 0.5) is 0 Å². The molecule has 0 saturated carbocycles. The Hall–Kier alpha value is -0.600. The summed E-state index contributed by atoms with van der Waals surface area (Å²) < 4.78 is 0. The van der Waals surface area contributed by atoms with E-state index in [0.29, 0.717) is 0 Å². The van der Waals surface area contributed by atoms with Crippen LogP contribution in [0.5, 0.6) is 0 Å². The van der Waals surface area contributed by atoms with Crippen LogP contribution in [0.1, 0.15) is 19.3 Å². The van der Waals surface area contributed by atoms with E-state index in [0.717, 1.165) is 6.42 Å². The van der Waals surface area contributed by atoms with E-state index in [1.807, 2.05) is 6.08 Å². The lowest BCUT2D eigenvalue weighted by Gasteiger charge is -2.36. The fourth-order valence-corrected chi connectivity index (χ4v) is 2.59. The van der Waals surface area contributed by atoms with Crippen LogP contribution in [0.25, 0.3) is 0 Å². The van der Waals surface area contributed by atoms with E-state index >= 15 is 0 Å². The fourth-order valence-electron chi connectivity index (χ4n) is 2.59. The van der Waals surface area contributed by atoms with Gasteiger partial charge in [-0.15, -0.1) is 6.58 Å². The molecule has 0 aliphatic carbocycles. The summed E-state index contributed by atoms with van der Waals surface area (Å²) in [5, 5.41) is 0. The normalized spacial score (nSPS) is 24.1. The fraction of sp³-hybridized carbons (Fsp3) is 0.692. The van der Waals surface area contributed by atoms with Gasteiger partial charge in [-0.3, -0.25) is 4.90 Å². The number of hydrogen-bond donors (Lipinski definition) is 0. The quantitative estimate of drug-likeness (QED) is 0.651. The van der Waals surface area contributed by atoms with Crippen molar-refractivity contribution in [1.82, 2.24) is 9.80 Å². The van der Waals surface area contributed by atoms with Crippen molar-refractivity contribution >= 4 is 0 Å². The molecule has 0 aromatic rings. The van der Waals surface area contributed by atoms with Crippen LogP contribution in [0.3, 0.4) is 0 Å². The van der Waals surface area contributed by atoms with E-state index in [2.05, 4.69) is 23.4 Å². The molecule has 0 amide bonds. The Morgan fingerprint density at radius 1 is 1.20 bits per heavy atom. The number of hydrogen-bond acceptors (Lipinski definition) is 2. The van der Waals surface area contributed by atoms with Crippen molar-refractivity contribution in [2.45, 2.75) is 19.3 Å². The Morgan fingerprint density at radius 2 is 2.00 bits per heavy atom. The molecule has 2 aliphatic rings. The molecule has 0 spiro atoms. The molecule has 0 fully saturated rings. The van der Waals surface area contributed by atoms with Gasteiger partial charge in [0.05, 0.1) is 0 Å². The van der Waals surface area contributed by atoms with E-state index in [4.69, 9.17) is 0 Å². The lowest BCUT2D eigenvalue weighted by atomic mass is 9.93. The SMILES string of the molecule is C=CCCN1CCC2=C(CN(C)CC2)C1. The molecule has 15 heavy (non-hydrogen) atoms. The van der Waals surface area contributed by atoms with Crippen molar-refractivity contribution < 1.29 is 0 Å². The summed E-state index contributed by atoms with van der Waals surface area (Å²) in [5.41, 5.74) is 3.45. The standard InChI is InChI=1S/C13H22N2/c1-3-4-7-15-9-6-12-5-8-14(2)10-13(12)11-15/h3H,1,4-11H2,2H3. The van der Waals surface area contributed by atoms with E-state index < -0.39 is 0 Å². The number of rotatable bonds is 3. The first-order chi connectivity index (χ1) is 7.29. The molecule has 0 bridgehead atoms. The Labute approximate surface area is 93.2 Å². The van der Waals surface area contributed by atoms with Gasteiger partial charge in [0.2, 0.25) is 0 Å².